The lowest BCUT2D eigenvalue weighted by molar-refractivity contribution is 0.00499. The predicted molar refractivity (Wildman–Crippen MR) is 102 cm³/mol. The van der Waals surface area contributed by atoms with Crippen LogP contribution in [0.15, 0.2) is 54.6 Å². The van der Waals surface area contributed by atoms with E-state index in [0.717, 1.165) is 12.0 Å². The fraction of sp³-hybridized carbons (Fsp3) is 0.381. The molecule has 6 heteroatoms. The van der Waals surface area contributed by atoms with E-state index in [1.165, 1.54) is 0 Å². The van der Waals surface area contributed by atoms with Crippen molar-refractivity contribution in [2.75, 3.05) is 52.9 Å². The van der Waals surface area contributed by atoms with Gasteiger partial charge >= 0.3 is 0 Å². The molecule has 0 bridgehead atoms. The average Bonchev–Trinajstić information content (AvgIpc) is 2.72. The summed E-state index contributed by atoms with van der Waals surface area (Å²) in [6, 6.07) is 16.6. The minimum absolute atomic E-state index is 0.449. The third kappa shape index (κ3) is 9.75. The number of ether oxygens (including phenoxy) is 5. The Bertz CT molecular complexity index is 614. The van der Waals surface area contributed by atoms with Crippen LogP contribution in [-0.4, -0.2) is 59.1 Å². The summed E-state index contributed by atoms with van der Waals surface area (Å²) in [6.45, 7) is 4.04. The number of aldehydes is 1. The van der Waals surface area contributed by atoms with E-state index in [2.05, 4.69) is 0 Å². The zero-order chi connectivity index (χ0) is 19.0. The Morgan fingerprint density at radius 1 is 0.556 bits per heavy atom. The maximum Gasteiger partial charge on any atom is 0.150 e. The number of para-hydroxylation sites is 1. The molecule has 0 unspecified atom stereocenters. The van der Waals surface area contributed by atoms with Crippen molar-refractivity contribution in [3.05, 3.63) is 60.2 Å². The van der Waals surface area contributed by atoms with Gasteiger partial charge in [-0.2, -0.15) is 0 Å². The van der Waals surface area contributed by atoms with Crippen LogP contribution in [0.1, 0.15) is 10.4 Å². The molecule has 0 aliphatic carbocycles. The Morgan fingerprint density at radius 2 is 1.00 bits per heavy atom. The molecule has 0 radical (unpaired) electrons. The van der Waals surface area contributed by atoms with Crippen molar-refractivity contribution in [1.82, 2.24) is 0 Å². The molecule has 0 heterocycles. The van der Waals surface area contributed by atoms with E-state index in [1.54, 1.807) is 24.3 Å². The lowest BCUT2D eigenvalue weighted by atomic mass is 10.2. The lowest BCUT2D eigenvalue weighted by Gasteiger charge is -2.09. The van der Waals surface area contributed by atoms with E-state index in [4.69, 9.17) is 23.7 Å². The molecule has 0 fully saturated rings. The lowest BCUT2D eigenvalue weighted by Crippen LogP contribution is -2.14. The fourth-order valence-corrected chi connectivity index (χ4v) is 2.14. The molecule has 0 aliphatic rings. The van der Waals surface area contributed by atoms with Crippen LogP contribution in [0.5, 0.6) is 11.5 Å². The summed E-state index contributed by atoms with van der Waals surface area (Å²) >= 11 is 0. The van der Waals surface area contributed by atoms with Gasteiger partial charge in [-0.05, 0) is 36.4 Å². The Balaban J connectivity index is 1.33. The number of carbonyl (C=O) groups excluding carboxylic acids is 1. The van der Waals surface area contributed by atoms with E-state index < -0.39 is 0 Å². The van der Waals surface area contributed by atoms with Crippen LogP contribution >= 0.6 is 0 Å². The third-order valence-electron chi connectivity index (χ3n) is 3.50. The highest BCUT2D eigenvalue weighted by molar-refractivity contribution is 5.74. The molecule has 6 nitrogen and oxygen atoms in total. The van der Waals surface area contributed by atoms with Crippen LogP contribution in [-0.2, 0) is 14.2 Å². The summed E-state index contributed by atoms with van der Waals surface area (Å²) in [5, 5.41) is 0. The van der Waals surface area contributed by atoms with Crippen molar-refractivity contribution >= 4 is 6.29 Å². The molecule has 0 spiro atoms. The van der Waals surface area contributed by atoms with Gasteiger partial charge in [-0.15, -0.1) is 0 Å². The molecule has 0 N–H and O–H groups in total. The van der Waals surface area contributed by atoms with Crippen LogP contribution in [0.3, 0.4) is 0 Å². The van der Waals surface area contributed by atoms with Crippen LogP contribution < -0.4 is 9.47 Å². The predicted octanol–water partition coefficient (Wildman–Crippen LogP) is 3.01. The summed E-state index contributed by atoms with van der Waals surface area (Å²) in [5.74, 6) is 1.56. The maximum absolute atomic E-state index is 10.6. The first-order valence-electron chi connectivity index (χ1n) is 8.97. The van der Waals surface area contributed by atoms with Crippen LogP contribution in [0.4, 0.5) is 0 Å². The zero-order valence-corrected chi connectivity index (χ0v) is 15.4. The van der Waals surface area contributed by atoms with E-state index in [-0.39, 0.29) is 0 Å². The van der Waals surface area contributed by atoms with Crippen LogP contribution in [0, 0.1) is 0 Å². The summed E-state index contributed by atoms with van der Waals surface area (Å²) in [5.41, 5.74) is 0.628. The van der Waals surface area contributed by atoms with Gasteiger partial charge in [-0.1, -0.05) is 18.2 Å². The standard InChI is InChI=1S/C21H26O6/c22-18-19-6-8-21(9-7-19)27-17-15-25-13-11-23-10-12-24-14-16-26-20-4-2-1-3-5-20/h1-9,18H,10-17H2. The molecule has 0 aromatic heterocycles. The molecule has 2 aromatic rings. The Labute approximate surface area is 160 Å². The van der Waals surface area contributed by atoms with Crippen molar-refractivity contribution in [2.45, 2.75) is 0 Å². The first-order chi connectivity index (χ1) is 13.4. The second-order valence-electron chi connectivity index (χ2n) is 5.53. The van der Waals surface area contributed by atoms with Gasteiger partial charge in [0.05, 0.1) is 39.6 Å². The van der Waals surface area contributed by atoms with Gasteiger partial charge in [-0.3, -0.25) is 4.79 Å². The molecule has 2 aromatic carbocycles. The van der Waals surface area contributed by atoms with E-state index >= 15 is 0 Å². The number of carbonyl (C=O) groups is 1. The molecule has 2 rings (SSSR count). The smallest absolute Gasteiger partial charge is 0.150 e. The maximum atomic E-state index is 10.6. The molecule has 0 atom stereocenters. The molecule has 146 valence electrons. The summed E-state index contributed by atoms with van der Waals surface area (Å²) in [7, 11) is 0. The summed E-state index contributed by atoms with van der Waals surface area (Å²) in [4.78, 5) is 10.6. The summed E-state index contributed by atoms with van der Waals surface area (Å²) < 4.78 is 27.3. The average molecular weight is 374 g/mol. The van der Waals surface area contributed by atoms with Crippen molar-refractivity contribution < 1.29 is 28.5 Å². The quantitative estimate of drug-likeness (QED) is 0.353. The van der Waals surface area contributed by atoms with Gasteiger partial charge in [0.25, 0.3) is 0 Å². The minimum Gasteiger partial charge on any atom is -0.491 e. The first kappa shape index (κ1) is 20.9. The molecule has 27 heavy (non-hydrogen) atoms. The zero-order valence-electron chi connectivity index (χ0n) is 15.4. The van der Waals surface area contributed by atoms with Crippen LogP contribution in [0.25, 0.3) is 0 Å². The number of benzene rings is 2. The normalized spacial score (nSPS) is 10.5. The fourth-order valence-electron chi connectivity index (χ4n) is 2.14. The van der Waals surface area contributed by atoms with Crippen molar-refractivity contribution in [1.29, 1.82) is 0 Å². The van der Waals surface area contributed by atoms with Gasteiger partial charge in [0.1, 0.15) is 31.0 Å². The molecular formula is C21H26O6. The highest BCUT2D eigenvalue weighted by Crippen LogP contribution is 2.10. The summed E-state index contributed by atoms with van der Waals surface area (Å²) in [6.07, 6.45) is 0.802. The van der Waals surface area contributed by atoms with Crippen molar-refractivity contribution in [3.63, 3.8) is 0 Å². The van der Waals surface area contributed by atoms with Crippen molar-refractivity contribution in [2.24, 2.45) is 0 Å². The van der Waals surface area contributed by atoms with E-state index in [1.807, 2.05) is 30.3 Å². The first-order valence-corrected chi connectivity index (χ1v) is 8.97. The highest BCUT2D eigenvalue weighted by Gasteiger charge is 1.96. The number of hydrogen-bond acceptors (Lipinski definition) is 6. The van der Waals surface area contributed by atoms with E-state index in [0.29, 0.717) is 64.2 Å². The largest absolute Gasteiger partial charge is 0.491 e. The molecule has 0 amide bonds. The van der Waals surface area contributed by atoms with Gasteiger partial charge < -0.3 is 23.7 Å². The van der Waals surface area contributed by atoms with Gasteiger partial charge in [-0.25, -0.2) is 0 Å². The molecule has 0 saturated heterocycles. The minimum atomic E-state index is 0.449. The van der Waals surface area contributed by atoms with E-state index in [9.17, 15) is 4.79 Å². The van der Waals surface area contributed by atoms with Gasteiger partial charge in [0.15, 0.2) is 0 Å². The highest BCUT2D eigenvalue weighted by atomic mass is 16.6. The van der Waals surface area contributed by atoms with Gasteiger partial charge in [0, 0.05) is 5.56 Å². The molecule has 0 aliphatic heterocycles. The third-order valence-corrected chi connectivity index (χ3v) is 3.50. The number of rotatable bonds is 15. The van der Waals surface area contributed by atoms with Gasteiger partial charge in [0.2, 0.25) is 0 Å². The van der Waals surface area contributed by atoms with Crippen molar-refractivity contribution in [3.8, 4) is 11.5 Å². The Morgan fingerprint density at radius 3 is 1.48 bits per heavy atom. The molecule has 0 saturated carbocycles. The molecular weight excluding hydrogens is 348 g/mol. The Kier molecular flexibility index (Phi) is 10.6. The monoisotopic (exact) mass is 374 g/mol. The SMILES string of the molecule is O=Cc1ccc(OCCOCCOCCOCCOc2ccccc2)cc1. The van der Waals surface area contributed by atoms with Crippen LogP contribution in [0.2, 0.25) is 0 Å². The number of hydrogen-bond donors (Lipinski definition) is 0. The topological polar surface area (TPSA) is 63.2 Å². The Hall–Kier alpha value is -2.41. The second-order valence-corrected chi connectivity index (χ2v) is 5.53. The second kappa shape index (κ2) is 13.7.